The summed E-state index contributed by atoms with van der Waals surface area (Å²) < 4.78 is 0. The third-order valence-electron chi connectivity index (χ3n) is 4.56. The first kappa shape index (κ1) is 23.1. The number of aromatic amines is 1. The van der Waals surface area contributed by atoms with Gasteiger partial charge in [-0.15, -0.1) is 10.2 Å². The zero-order valence-corrected chi connectivity index (χ0v) is 19.0. The molecule has 0 saturated heterocycles. The molecule has 0 aliphatic carbocycles. The minimum absolute atomic E-state index is 0.197. The second-order valence-corrected chi connectivity index (χ2v) is 8.84. The van der Waals surface area contributed by atoms with Gasteiger partial charge < -0.3 is 10.2 Å². The Bertz CT molecular complexity index is 966. The molecule has 1 heterocycles. The molecule has 0 aliphatic heterocycles. The average Bonchev–Trinajstić information content (AvgIpc) is 3.03. The quantitative estimate of drug-likeness (QED) is 0.607. The SMILES string of the molecule is CC(=O)Nc1cc(N(C(C)C)C(C)C)ccc1N=Nc1n[nH]c(C(C)(C)C)c1C#N. The summed E-state index contributed by atoms with van der Waals surface area (Å²) >= 11 is 0. The predicted molar refractivity (Wildman–Crippen MR) is 120 cm³/mol. The van der Waals surface area contributed by atoms with Crippen LogP contribution in [0.4, 0.5) is 22.9 Å². The maximum atomic E-state index is 11.7. The van der Waals surface area contributed by atoms with Gasteiger partial charge in [0.15, 0.2) is 0 Å². The molecular formula is C22H31N7O. The molecule has 0 unspecified atom stereocenters. The van der Waals surface area contributed by atoms with Crippen LogP contribution in [-0.4, -0.2) is 28.2 Å². The highest BCUT2D eigenvalue weighted by Gasteiger charge is 2.24. The van der Waals surface area contributed by atoms with E-state index in [-0.39, 0.29) is 17.1 Å². The highest BCUT2D eigenvalue weighted by atomic mass is 16.1. The molecule has 0 spiro atoms. The number of aromatic nitrogens is 2. The van der Waals surface area contributed by atoms with Crippen molar-refractivity contribution in [3.8, 4) is 6.07 Å². The number of benzene rings is 1. The lowest BCUT2D eigenvalue weighted by Crippen LogP contribution is -2.36. The van der Waals surface area contributed by atoms with E-state index in [0.717, 1.165) is 5.69 Å². The number of rotatable bonds is 6. The Hall–Kier alpha value is -3.21. The molecule has 160 valence electrons. The summed E-state index contributed by atoms with van der Waals surface area (Å²) in [6, 6.07) is 8.40. The number of H-pyrrole nitrogens is 1. The van der Waals surface area contributed by atoms with Crippen LogP contribution in [0.25, 0.3) is 0 Å². The largest absolute Gasteiger partial charge is 0.367 e. The summed E-state index contributed by atoms with van der Waals surface area (Å²) in [5, 5.41) is 27.9. The Kier molecular flexibility index (Phi) is 6.98. The van der Waals surface area contributed by atoms with Gasteiger partial charge in [-0.25, -0.2) is 0 Å². The van der Waals surface area contributed by atoms with E-state index < -0.39 is 0 Å². The summed E-state index contributed by atoms with van der Waals surface area (Å²) in [4.78, 5) is 14.0. The molecule has 2 rings (SSSR count). The Morgan fingerprint density at radius 3 is 2.33 bits per heavy atom. The first-order valence-corrected chi connectivity index (χ1v) is 10.1. The number of carbonyl (C=O) groups excluding carboxylic acids is 1. The van der Waals surface area contributed by atoms with Gasteiger partial charge in [0.1, 0.15) is 17.3 Å². The molecule has 2 N–H and O–H groups in total. The average molecular weight is 410 g/mol. The molecule has 0 atom stereocenters. The van der Waals surface area contributed by atoms with E-state index in [1.165, 1.54) is 6.92 Å². The van der Waals surface area contributed by atoms with Crippen molar-refractivity contribution in [2.24, 2.45) is 10.2 Å². The number of hydrogen-bond acceptors (Lipinski definition) is 6. The van der Waals surface area contributed by atoms with Crippen LogP contribution < -0.4 is 10.2 Å². The summed E-state index contributed by atoms with van der Waals surface area (Å²) in [5.74, 6) is 0.0306. The molecule has 8 heteroatoms. The summed E-state index contributed by atoms with van der Waals surface area (Å²) in [5.41, 5.74) is 2.84. The van der Waals surface area contributed by atoms with Crippen LogP contribution >= 0.6 is 0 Å². The second-order valence-electron chi connectivity index (χ2n) is 8.84. The molecule has 8 nitrogen and oxygen atoms in total. The van der Waals surface area contributed by atoms with E-state index in [1.807, 2.05) is 39.0 Å². The van der Waals surface area contributed by atoms with Gasteiger partial charge in [0, 0.05) is 30.1 Å². The number of nitrogens with zero attached hydrogens (tertiary/aromatic N) is 5. The number of azo groups is 1. The van der Waals surface area contributed by atoms with Crippen molar-refractivity contribution in [3.05, 3.63) is 29.5 Å². The van der Waals surface area contributed by atoms with E-state index in [4.69, 9.17) is 0 Å². The minimum Gasteiger partial charge on any atom is -0.367 e. The third kappa shape index (κ3) is 5.23. The fourth-order valence-electron chi connectivity index (χ4n) is 3.41. The van der Waals surface area contributed by atoms with Crippen molar-refractivity contribution < 1.29 is 4.79 Å². The van der Waals surface area contributed by atoms with Crippen molar-refractivity contribution >= 4 is 28.8 Å². The van der Waals surface area contributed by atoms with E-state index in [0.29, 0.717) is 34.7 Å². The van der Waals surface area contributed by atoms with E-state index >= 15 is 0 Å². The number of nitrogens with one attached hydrogen (secondary N) is 2. The van der Waals surface area contributed by atoms with Gasteiger partial charge in [0.25, 0.3) is 0 Å². The number of carbonyl (C=O) groups is 1. The lowest BCUT2D eigenvalue weighted by Gasteiger charge is -2.33. The Morgan fingerprint density at radius 1 is 1.20 bits per heavy atom. The van der Waals surface area contributed by atoms with Gasteiger partial charge in [-0.3, -0.25) is 9.89 Å². The van der Waals surface area contributed by atoms with Gasteiger partial charge >= 0.3 is 0 Å². The molecular weight excluding hydrogens is 378 g/mol. The van der Waals surface area contributed by atoms with Crippen molar-refractivity contribution in [1.82, 2.24) is 10.2 Å². The monoisotopic (exact) mass is 409 g/mol. The predicted octanol–water partition coefficient (Wildman–Crippen LogP) is 5.58. The Balaban J connectivity index is 2.48. The standard InChI is InChI=1S/C22H31N7O/c1-13(2)29(14(3)4)16-9-10-18(19(11-16)24-15(5)30)25-27-21-17(12-23)20(26-28-21)22(6,7)8/h9-11,13-14H,1-8H3,(H,24,30)(H,26,28). The molecule has 1 aromatic carbocycles. The molecule has 0 bridgehead atoms. The molecule has 0 radical (unpaired) electrons. The van der Waals surface area contributed by atoms with Crippen LogP contribution in [0, 0.1) is 11.3 Å². The molecule has 1 aromatic heterocycles. The van der Waals surface area contributed by atoms with Crippen LogP contribution in [0.5, 0.6) is 0 Å². The molecule has 2 aromatic rings. The van der Waals surface area contributed by atoms with Crippen LogP contribution in [0.3, 0.4) is 0 Å². The van der Waals surface area contributed by atoms with Gasteiger partial charge in [0.05, 0.1) is 11.4 Å². The second kappa shape index (κ2) is 9.08. The van der Waals surface area contributed by atoms with Gasteiger partial charge in [-0.1, -0.05) is 20.8 Å². The van der Waals surface area contributed by atoms with Crippen LogP contribution in [0.2, 0.25) is 0 Å². The maximum Gasteiger partial charge on any atom is 0.221 e. The zero-order valence-electron chi connectivity index (χ0n) is 19.0. The fraction of sp³-hybridized carbons (Fsp3) is 0.500. The smallest absolute Gasteiger partial charge is 0.221 e. The van der Waals surface area contributed by atoms with E-state index in [9.17, 15) is 10.1 Å². The topological polar surface area (TPSA) is 110 Å². The van der Waals surface area contributed by atoms with Crippen LogP contribution in [-0.2, 0) is 10.2 Å². The lowest BCUT2D eigenvalue weighted by molar-refractivity contribution is -0.114. The fourth-order valence-corrected chi connectivity index (χ4v) is 3.41. The van der Waals surface area contributed by atoms with Gasteiger partial charge in [0.2, 0.25) is 11.7 Å². The highest BCUT2D eigenvalue weighted by molar-refractivity contribution is 5.93. The molecule has 1 amide bonds. The zero-order chi connectivity index (χ0) is 22.6. The maximum absolute atomic E-state index is 11.7. The highest BCUT2D eigenvalue weighted by Crippen LogP contribution is 2.34. The number of hydrogen-bond donors (Lipinski definition) is 2. The number of amides is 1. The normalized spacial score (nSPS) is 11.9. The number of anilines is 2. The molecule has 0 fully saturated rings. The van der Waals surface area contributed by atoms with Crippen molar-refractivity contribution in [1.29, 1.82) is 5.26 Å². The molecule has 0 aliphatic rings. The first-order valence-electron chi connectivity index (χ1n) is 10.1. The van der Waals surface area contributed by atoms with Gasteiger partial charge in [-0.2, -0.15) is 10.4 Å². The van der Waals surface area contributed by atoms with Crippen LogP contribution in [0.1, 0.15) is 66.6 Å². The Labute approximate surface area is 178 Å². The molecule has 30 heavy (non-hydrogen) atoms. The van der Waals surface area contributed by atoms with Crippen molar-refractivity contribution in [2.75, 3.05) is 10.2 Å². The first-order chi connectivity index (χ1) is 14.0. The van der Waals surface area contributed by atoms with Crippen LogP contribution in [0.15, 0.2) is 28.4 Å². The summed E-state index contributed by atoms with van der Waals surface area (Å²) in [6.45, 7) is 15.9. The summed E-state index contributed by atoms with van der Waals surface area (Å²) in [6.07, 6.45) is 0. The molecule has 0 saturated carbocycles. The van der Waals surface area contributed by atoms with E-state index in [2.05, 4.69) is 64.4 Å². The van der Waals surface area contributed by atoms with Crippen molar-refractivity contribution in [2.45, 2.75) is 72.9 Å². The van der Waals surface area contributed by atoms with E-state index in [1.54, 1.807) is 0 Å². The third-order valence-corrected chi connectivity index (χ3v) is 4.56. The van der Waals surface area contributed by atoms with Gasteiger partial charge in [-0.05, 0) is 45.9 Å². The summed E-state index contributed by atoms with van der Waals surface area (Å²) in [7, 11) is 0. The Morgan fingerprint density at radius 2 is 1.83 bits per heavy atom. The lowest BCUT2D eigenvalue weighted by atomic mass is 9.90. The minimum atomic E-state index is -0.272. The number of nitriles is 1. The van der Waals surface area contributed by atoms with Crippen molar-refractivity contribution in [3.63, 3.8) is 0 Å².